The van der Waals surface area contributed by atoms with E-state index >= 15 is 0 Å². The maximum atomic E-state index is 13.3. The highest BCUT2D eigenvalue weighted by Gasteiger charge is 2.20. The summed E-state index contributed by atoms with van der Waals surface area (Å²) < 4.78 is 26.6. The van der Waals surface area contributed by atoms with Gasteiger partial charge in [-0.1, -0.05) is 18.2 Å². The first-order chi connectivity index (χ1) is 16.1. The van der Waals surface area contributed by atoms with Crippen molar-refractivity contribution < 1.29 is 13.6 Å². The number of hydrogen-bond acceptors (Lipinski definition) is 4. The molecule has 2 saturated heterocycles. The van der Waals surface area contributed by atoms with Gasteiger partial charge >= 0.3 is 0 Å². The molecule has 0 N–H and O–H groups in total. The summed E-state index contributed by atoms with van der Waals surface area (Å²) in [6.07, 6.45) is 4.00. The molecule has 0 atom stereocenters. The molecule has 0 spiro atoms. The molecule has 2 aromatic rings. The Balaban J connectivity index is 1.12. The van der Waals surface area contributed by atoms with Crippen molar-refractivity contribution in [3.8, 4) is 0 Å². The van der Waals surface area contributed by atoms with E-state index in [1.807, 2.05) is 0 Å². The third-order valence-corrected chi connectivity index (χ3v) is 6.43. The Hall–Kier alpha value is -2.77. The minimum atomic E-state index is -0.645. The fourth-order valence-corrected chi connectivity index (χ4v) is 4.52. The second-order valence-electron chi connectivity index (χ2n) is 8.72. The number of carbonyl (C=O) groups excluding carboxylic acids is 1. The van der Waals surface area contributed by atoms with Crippen LogP contribution in [0.4, 0.5) is 14.5 Å². The third kappa shape index (κ3) is 6.85. The fourth-order valence-electron chi connectivity index (χ4n) is 4.52. The van der Waals surface area contributed by atoms with Crippen LogP contribution >= 0.6 is 0 Å². The van der Waals surface area contributed by atoms with Gasteiger partial charge in [0.25, 0.3) is 0 Å². The van der Waals surface area contributed by atoms with Crippen LogP contribution in [0.2, 0.25) is 0 Å². The highest BCUT2D eigenvalue weighted by molar-refractivity contribution is 5.91. The Bertz CT molecular complexity index is 916. The van der Waals surface area contributed by atoms with Crippen LogP contribution in [0, 0.1) is 11.6 Å². The number of carbonyl (C=O) groups is 1. The van der Waals surface area contributed by atoms with Crippen LogP contribution in [0.25, 0.3) is 6.08 Å². The van der Waals surface area contributed by atoms with Gasteiger partial charge in [0.15, 0.2) is 0 Å². The zero-order valence-corrected chi connectivity index (χ0v) is 19.0. The maximum absolute atomic E-state index is 13.3. The van der Waals surface area contributed by atoms with Crippen LogP contribution in [0.15, 0.2) is 54.6 Å². The van der Waals surface area contributed by atoms with Gasteiger partial charge in [-0.3, -0.25) is 14.6 Å². The van der Waals surface area contributed by atoms with Crippen LogP contribution < -0.4 is 4.90 Å². The summed E-state index contributed by atoms with van der Waals surface area (Å²) in [5.41, 5.74) is 1.66. The van der Waals surface area contributed by atoms with Gasteiger partial charge in [-0.2, -0.15) is 0 Å². The molecule has 0 aliphatic carbocycles. The van der Waals surface area contributed by atoms with Crippen molar-refractivity contribution >= 4 is 17.7 Å². The summed E-state index contributed by atoms with van der Waals surface area (Å²) in [6, 6.07) is 13.9. The molecular weight excluding hydrogens is 422 g/mol. The van der Waals surface area contributed by atoms with Crippen LogP contribution in [-0.2, 0) is 4.79 Å². The zero-order chi connectivity index (χ0) is 23.0. The molecule has 0 unspecified atom stereocenters. The highest BCUT2D eigenvalue weighted by Crippen LogP contribution is 2.16. The van der Waals surface area contributed by atoms with E-state index in [2.05, 4.69) is 45.0 Å². The molecule has 0 saturated carbocycles. The van der Waals surface area contributed by atoms with Gasteiger partial charge in [0.2, 0.25) is 5.91 Å². The second-order valence-corrected chi connectivity index (χ2v) is 8.72. The van der Waals surface area contributed by atoms with Gasteiger partial charge in [0.05, 0.1) is 0 Å². The predicted octanol–water partition coefficient (Wildman–Crippen LogP) is 3.33. The van der Waals surface area contributed by atoms with Gasteiger partial charge in [0, 0.05) is 70.2 Å². The Morgan fingerprint density at radius 2 is 1.36 bits per heavy atom. The number of anilines is 1. The highest BCUT2D eigenvalue weighted by atomic mass is 19.1. The number of para-hydroxylation sites is 1. The predicted molar refractivity (Wildman–Crippen MR) is 128 cm³/mol. The SMILES string of the molecule is O=C(/C=C/c1cc(F)cc(F)c1)N1CCN(CCCN2CCN(c3ccccc3)CC2)CC1. The molecule has 0 radical (unpaired) electrons. The lowest BCUT2D eigenvalue weighted by molar-refractivity contribution is -0.127. The van der Waals surface area contributed by atoms with Crippen molar-refractivity contribution in [1.82, 2.24) is 14.7 Å². The maximum Gasteiger partial charge on any atom is 0.246 e. The molecule has 0 aromatic heterocycles. The molecule has 0 bridgehead atoms. The number of halogens is 2. The molecular formula is C26H32F2N4O. The minimum absolute atomic E-state index is 0.115. The van der Waals surface area contributed by atoms with Crippen molar-refractivity contribution in [2.24, 2.45) is 0 Å². The molecule has 2 aliphatic rings. The van der Waals surface area contributed by atoms with E-state index in [4.69, 9.17) is 0 Å². The molecule has 1 amide bonds. The Kier molecular flexibility index (Phi) is 8.07. The summed E-state index contributed by atoms with van der Waals surface area (Å²) in [5.74, 6) is -1.40. The number of benzene rings is 2. The Morgan fingerprint density at radius 3 is 1.97 bits per heavy atom. The lowest BCUT2D eigenvalue weighted by Gasteiger charge is -2.37. The molecule has 7 heteroatoms. The second kappa shape index (κ2) is 11.4. The van der Waals surface area contributed by atoms with Gasteiger partial charge in [-0.15, -0.1) is 0 Å². The summed E-state index contributed by atoms with van der Waals surface area (Å²) in [6.45, 7) is 9.55. The van der Waals surface area contributed by atoms with E-state index in [-0.39, 0.29) is 5.91 Å². The number of rotatable bonds is 7. The lowest BCUT2D eigenvalue weighted by atomic mass is 10.2. The fraction of sp³-hybridized carbons (Fsp3) is 0.423. The van der Waals surface area contributed by atoms with Gasteiger partial charge in [-0.25, -0.2) is 8.78 Å². The van der Waals surface area contributed by atoms with Crippen molar-refractivity contribution in [3.63, 3.8) is 0 Å². The Labute approximate surface area is 194 Å². The monoisotopic (exact) mass is 454 g/mol. The molecule has 5 nitrogen and oxygen atoms in total. The van der Waals surface area contributed by atoms with Crippen molar-refractivity contribution in [2.45, 2.75) is 6.42 Å². The van der Waals surface area contributed by atoms with Crippen LogP contribution in [-0.4, -0.2) is 86.1 Å². The van der Waals surface area contributed by atoms with Crippen molar-refractivity contribution in [1.29, 1.82) is 0 Å². The summed E-state index contributed by atoms with van der Waals surface area (Å²) in [7, 11) is 0. The summed E-state index contributed by atoms with van der Waals surface area (Å²) in [4.78, 5) is 21.6. The van der Waals surface area contributed by atoms with E-state index in [1.165, 1.54) is 30.0 Å². The van der Waals surface area contributed by atoms with Crippen LogP contribution in [0.1, 0.15) is 12.0 Å². The van der Waals surface area contributed by atoms with E-state index in [0.717, 1.165) is 64.8 Å². The average Bonchev–Trinajstić information content (AvgIpc) is 2.83. The number of hydrogen-bond donors (Lipinski definition) is 0. The molecule has 2 aromatic carbocycles. The largest absolute Gasteiger partial charge is 0.369 e. The third-order valence-electron chi connectivity index (χ3n) is 6.43. The first kappa shape index (κ1) is 23.4. The number of amides is 1. The normalized spacial score (nSPS) is 18.2. The van der Waals surface area contributed by atoms with Crippen LogP contribution in [0.5, 0.6) is 0 Å². The minimum Gasteiger partial charge on any atom is -0.369 e. The van der Waals surface area contributed by atoms with E-state index in [1.54, 1.807) is 4.90 Å². The van der Waals surface area contributed by atoms with Crippen molar-refractivity contribution in [3.05, 3.63) is 71.8 Å². The molecule has 33 heavy (non-hydrogen) atoms. The summed E-state index contributed by atoms with van der Waals surface area (Å²) in [5, 5.41) is 0. The first-order valence-electron chi connectivity index (χ1n) is 11.7. The Morgan fingerprint density at radius 1 is 0.788 bits per heavy atom. The van der Waals surface area contributed by atoms with Crippen molar-refractivity contribution in [2.75, 3.05) is 70.3 Å². The average molecular weight is 455 g/mol. The quantitative estimate of drug-likeness (QED) is 0.601. The first-order valence-corrected chi connectivity index (χ1v) is 11.7. The van der Waals surface area contributed by atoms with Crippen LogP contribution in [0.3, 0.4) is 0 Å². The zero-order valence-electron chi connectivity index (χ0n) is 19.0. The molecule has 4 rings (SSSR count). The molecule has 176 valence electrons. The van der Waals surface area contributed by atoms with E-state index < -0.39 is 11.6 Å². The standard InChI is InChI=1S/C26H32F2N4O/c27-23-19-22(20-24(28)21-23)7-8-26(33)32-17-13-30(14-18-32)10-4-9-29-11-15-31(16-12-29)25-5-2-1-3-6-25/h1-3,5-8,19-21H,4,9-18H2/b8-7+. The van der Waals surface area contributed by atoms with E-state index in [9.17, 15) is 13.6 Å². The van der Waals surface area contributed by atoms with Gasteiger partial charge in [0.1, 0.15) is 11.6 Å². The van der Waals surface area contributed by atoms with Gasteiger partial charge < -0.3 is 9.80 Å². The molecule has 2 fully saturated rings. The lowest BCUT2D eigenvalue weighted by Crippen LogP contribution is -2.49. The topological polar surface area (TPSA) is 30.0 Å². The smallest absolute Gasteiger partial charge is 0.246 e. The van der Waals surface area contributed by atoms with Gasteiger partial charge in [-0.05, 0) is 55.4 Å². The molecule has 2 aliphatic heterocycles. The summed E-state index contributed by atoms with van der Waals surface area (Å²) >= 11 is 0. The molecule has 2 heterocycles. The number of nitrogens with zero attached hydrogens (tertiary/aromatic N) is 4. The number of piperazine rings is 2. The van der Waals surface area contributed by atoms with E-state index in [0.29, 0.717) is 18.7 Å².